The number of ether oxygens (including phenoxy) is 1. The van der Waals surface area contributed by atoms with Crippen LogP contribution in [0.3, 0.4) is 0 Å². The Morgan fingerprint density at radius 2 is 1.77 bits per heavy atom. The van der Waals surface area contributed by atoms with Crippen LogP contribution in [0.5, 0.6) is 5.75 Å². The maximum absolute atomic E-state index is 12.8. The molecule has 0 saturated heterocycles. The van der Waals surface area contributed by atoms with E-state index in [9.17, 15) is 9.59 Å². The minimum Gasteiger partial charge on any atom is -0.494 e. The first-order chi connectivity index (χ1) is 14.6. The van der Waals surface area contributed by atoms with E-state index in [1.165, 1.54) is 0 Å². The largest absolute Gasteiger partial charge is 0.494 e. The van der Waals surface area contributed by atoms with Gasteiger partial charge in [-0.1, -0.05) is 31.0 Å². The molecule has 3 rings (SSSR count). The lowest BCUT2D eigenvalue weighted by Gasteiger charge is -2.13. The molecule has 154 valence electrons. The smallest absolute Gasteiger partial charge is 0.258 e. The van der Waals surface area contributed by atoms with Gasteiger partial charge in [0, 0.05) is 11.8 Å². The molecule has 1 aromatic heterocycles. The van der Waals surface area contributed by atoms with Gasteiger partial charge in [-0.25, -0.2) is 4.98 Å². The molecule has 0 fully saturated rings. The van der Waals surface area contributed by atoms with Gasteiger partial charge < -0.3 is 15.4 Å². The third-order valence-corrected chi connectivity index (χ3v) is 4.46. The minimum absolute atomic E-state index is 0.300. The maximum atomic E-state index is 12.8. The van der Waals surface area contributed by atoms with Crippen molar-refractivity contribution in [2.24, 2.45) is 0 Å². The number of aromatic nitrogens is 1. The molecule has 0 saturated carbocycles. The van der Waals surface area contributed by atoms with Gasteiger partial charge in [-0.05, 0) is 61.9 Å². The predicted molar refractivity (Wildman–Crippen MR) is 118 cm³/mol. The molecule has 2 aromatic carbocycles. The molecular formula is C24H25N3O3. The second-order valence-corrected chi connectivity index (χ2v) is 6.90. The van der Waals surface area contributed by atoms with Gasteiger partial charge in [-0.2, -0.15) is 0 Å². The first kappa shape index (κ1) is 21.0. The fourth-order valence-electron chi connectivity index (χ4n) is 2.81. The van der Waals surface area contributed by atoms with Gasteiger partial charge in [0.25, 0.3) is 11.8 Å². The van der Waals surface area contributed by atoms with Gasteiger partial charge in [-0.15, -0.1) is 0 Å². The molecule has 0 aliphatic rings. The van der Waals surface area contributed by atoms with Gasteiger partial charge in [-0.3, -0.25) is 9.59 Å². The van der Waals surface area contributed by atoms with Crippen molar-refractivity contribution in [1.82, 2.24) is 4.98 Å². The van der Waals surface area contributed by atoms with Crippen LogP contribution in [-0.2, 0) is 0 Å². The number of hydrogen-bond donors (Lipinski definition) is 2. The Morgan fingerprint density at radius 3 is 2.47 bits per heavy atom. The number of anilines is 2. The molecule has 6 heteroatoms. The molecule has 30 heavy (non-hydrogen) atoms. The number of pyridine rings is 1. The van der Waals surface area contributed by atoms with Crippen LogP contribution in [0.25, 0.3) is 0 Å². The molecule has 2 N–H and O–H groups in total. The number of carbonyl (C=O) groups is 2. The average Bonchev–Trinajstić information content (AvgIpc) is 2.76. The van der Waals surface area contributed by atoms with Crippen molar-refractivity contribution in [3.05, 3.63) is 83.6 Å². The molecule has 0 bridgehead atoms. The summed E-state index contributed by atoms with van der Waals surface area (Å²) < 4.78 is 5.63. The molecule has 6 nitrogen and oxygen atoms in total. The molecule has 0 radical (unpaired) electrons. The number of benzene rings is 2. The lowest BCUT2D eigenvalue weighted by atomic mass is 10.1. The Hall–Kier alpha value is -3.67. The number of nitrogens with one attached hydrogen (secondary N) is 2. The van der Waals surface area contributed by atoms with Crippen molar-refractivity contribution in [2.45, 2.75) is 26.7 Å². The minimum atomic E-state index is -0.340. The third-order valence-electron chi connectivity index (χ3n) is 4.46. The van der Waals surface area contributed by atoms with E-state index in [1.54, 1.807) is 60.8 Å². The van der Waals surface area contributed by atoms with Crippen LogP contribution in [0.2, 0.25) is 0 Å². The van der Waals surface area contributed by atoms with E-state index in [0.717, 1.165) is 24.2 Å². The van der Waals surface area contributed by atoms with Gasteiger partial charge in [0.1, 0.15) is 11.6 Å². The zero-order chi connectivity index (χ0) is 21.3. The van der Waals surface area contributed by atoms with Crippen LogP contribution < -0.4 is 15.4 Å². The fourth-order valence-corrected chi connectivity index (χ4v) is 2.81. The lowest BCUT2D eigenvalue weighted by Crippen LogP contribution is -2.19. The van der Waals surface area contributed by atoms with Crippen molar-refractivity contribution >= 4 is 23.3 Å². The number of aryl methyl sites for hydroxylation is 1. The van der Waals surface area contributed by atoms with E-state index in [1.807, 2.05) is 13.0 Å². The highest BCUT2D eigenvalue weighted by atomic mass is 16.5. The number of nitrogens with zero attached hydrogens (tertiary/aromatic N) is 1. The van der Waals surface area contributed by atoms with Crippen LogP contribution >= 0.6 is 0 Å². The Kier molecular flexibility index (Phi) is 7.16. The fraction of sp³-hybridized carbons (Fsp3) is 0.208. The predicted octanol–water partition coefficient (Wildman–Crippen LogP) is 5.07. The van der Waals surface area contributed by atoms with Crippen molar-refractivity contribution in [3.8, 4) is 5.75 Å². The van der Waals surface area contributed by atoms with E-state index in [0.29, 0.717) is 29.2 Å². The van der Waals surface area contributed by atoms with Crippen molar-refractivity contribution in [1.29, 1.82) is 0 Å². The van der Waals surface area contributed by atoms with Crippen LogP contribution in [0, 0.1) is 6.92 Å². The Bertz CT molecular complexity index is 1000. The summed E-state index contributed by atoms with van der Waals surface area (Å²) in [4.78, 5) is 29.6. The molecular weight excluding hydrogens is 378 g/mol. The van der Waals surface area contributed by atoms with E-state index >= 15 is 0 Å². The van der Waals surface area contributed by atoms with Crippen molar-refractivity contribution < 1.29 is 14.3 Å². The van der Waals surface area contributed by atoms with Crippen LogP contribution in [0.15, 0.2) is 66.9 Å². The normalized spacial score (nSPS) is 10.3. The van der Waals surface area contributed by atoms with E-state index in [4.69, 9.17) is 4.74 Å². The quantitative estimate of drug-likeness (QED) is 0.514. The Labute approximate surface area is 176 Å². The standard InChI is InChI=1S/C24H25N3O3/c1-3-4-15-30-19-11-9-18(10-12-19)23(28)26-21-13-8-17(2)16-20(21)24(29)27-22-7-5-6-14-25-22/h5-14,16H,3-4,15H2,1-2H3,(H,26,28)(H,25,27,29). The van der Waals surface area contributed by atoms with Gasteiger partial charge in [0.2, 0.25) is 0 Å². The second-order valence-electron chi connectivity index (χ2n) is 6.90. The van der Waals surface area contributed by atoms with Gasteiger partial charge in [0.05, 0.1) is 17.9 Å². The SMILES string of the molecule is CCCCOc1ccc(C(=O)Nc2ccc(C)cc2C(=O)Nc2ccccn2)cc1. The number of unbranched alkanes of at least 4 members (excludes halogenated alkanes) is 1. The first-order valence-electron chi connectivity index (χ1n) is 9.94. The Balaban J connectivity index is 1.73. The van der Waals surface area contributed by atoms with Crippen LogP contribution in [0.4, 0.5) is 11.5 Å². The monoisotopic (exact) mass is 403 g/mol. The van der Waals surface area contributed by atoms with Crippen molar-refractivity contribution in [3.63, 3.8) is 0 Å². The highest BCUT2D eigenvalue weighted by Gasteiger charge is 2.15. The zero-order valence-electron chi connectivity index (χ0n) is 17.1. The molecule has 0 spiro atoms. The van der Waals surface area contributed by atoms with E-state index in [2.05, 4.69) is 22.5 Å². The van der Waals surface area contributed by atoms with Crippen LogP contribution in [0.1, 0.15) is 46.0 Å². The topological polar surface area (TPSA) is 80.3 Å². The molecule has 0 unspecified atom stereocenters. The molecule has 0 atom stereocenters. The van der Waals surface area contributed by atoms with Gasteiger partial charge in [0.15, 0.2) is 0 Å². The van der Waals surface area contributed by atoms with Crippen LogP contribution in [-0.4, -0.2) is 23.4 Å². The second kappa shape index (κ2) is 10.2. The summed E-state index contributed by atoms with van der Waals surface area (Å²) in [6, 6.07) is 17.5. The summed E-state index contributed by atoms with van der Waals surface area (Å²) >= 11 is 0. The van der Waals surface area contributed by atoms with Crippen molar-refractivity contribution in [2.75, 3.05) is 17.2 Å². The maximum Gasteiger partial charge on any atom is 0.258 e. The number of rotatable bonds is 8. The molecule has 3 aromatic rings. The summed E-state index contributed by atoms with van der Waals surface area (Å²) in [5.41, 5.74) is 2.19. The summed E-state index contributed by atoms with van der Waals surface area (Å²) in [5.74, 6) is 0.531. The van der Waals surface area contributed by atoms with E-state index in [-0.39, 0.29) is 11.8 Å². The first-order valence-corrected chi connectivity index (χ1v) is 9.94. The molecule has 0 aliphatic carbocycles. The summed E-state index contributed by atoms with van der Waals surface area (Å²) in [7, 11) is 0. The average molecular weight is 403 g/mol. The molecule has 0 aliphatic heterocycles. The number of hydrogen-bond acceptors (Lipinski definition) is 4. The highest BCUT2D eigenvalue weighted by Crippen LogP contribution is 2.21. The number of carbonyl (C=O) groups excluding carboxylic acids is 2. The number of amides is 2. The molecule has 2 amide bonds. The lowest BCUT2D eigenvalue weighted by molar-refractivity contribution is 0.102. The Morgan fingerprint density at radius 1 is 0.967 bits per heavy atom. The zero-order valence-corrected chi connectivity index (χ0v) is 17.1. The third kappa shape index (κ3) is 5.67. The summed E-state index contributed by atoms with van der Waals surface area (Å²) in [6.45, 7) is 4.65. The van der Waals surface area contributed by atoms with Gasteiger partial charge >= 0.3 is 0 Å². The summed E-state index contributed by atoms with van der Waals surface area (Å²) in [6.07, 6.45) is 3.65. The molecule has 1 heterocycles. The highest BCUT2D eigenvalue weighted by molar-refractivity contribution is 6.12. The summed E-state index contributed by atoms with van der Waals surface area (Å²) in [5, 5.41) is 5.58. The van der Waals surface area contributed by atoms with E-state index < -0.39 is 0 Å².